The first kappa shape index (κ1) is 15.9. The number of ether oxygens (including phenoxy) is 2. The molecule has 7 heteroatoms. The number of nitrogens with zero attached hydrogens (tertiary/aromatic N) is 2. The molecule has 130 valence electrons. The average Bonchev–Trinajstić information content (AvgIpc) is 3.14. The van der Waals surface area contributed by atoms with Gasteiger partial charge in [-0.1, -0.05) is 29.4 Å². The quantitative estimate of drug-likeness (QED) is 0.510. The van der Waals surface area contributed by atoms with Crippen LogP contribution in [0.15, 0.2) is 68.3 Å². The van der Waals surface area contributed by atoms with Gasteiger partial charge in [0, 0.05) is 0 Å². The molecule has 2 aromatic heterocycles. The van der Waals surface area contributed by atoms with Crippen molar-refractivity contribution < 1.29 is 18.4 Å². The van der Waals surface area contributed by atoms with E-state index in [2.05, 4.69) is 10.1 Å². The molecule has 0 amide bonds. The molecular formula is C19H14N2O5. The number of hydrogen-bond acceptors (Lipinski definition) is 7. The van der Waals surface area contributed by atoms with Crippen LogP contribution >= 0.6 is 0 Å². The minimum absolute atomic E-state index is 0.0234. The molecule has 0 saturated carbocycles. The third kappa shape index (κ3) is 3.02. The molecule has 0 spiro atoms. The van der Waals surface area contributed by atoms with E-state index >= 15 is 0 Å². The minimum atomic E-state index is -0.487. The highest BCUT2D eigenvalue weighted by atomic mass is 16.5. The van der Waals surface area contributed by atoms with Crippen LogP contribution in [0.5, 0.6) is 11.5 Å². The molecule has 0 fully saturated rings. The van der Waals surface area contributed by atoms with E-state index in [0.29, 0.717) is 28.3 Å². The summed E-state index contributed by atoms with van der Waals surface area (Å²) in [6, 6.07) is 15.8. The molecule has 0 aliphatic carbocycles. The highest BCUT2D eigenvalue weighted by Gasteiger charge is 2.14. The van der Waals surface area contributed by atoms with Gasteiger partial charge in [-0.25, -0.2) is 4.79 Å². The summed E-state index contributed by atoms with van der Waals surface area (Å²) in [4.78, 5) is 16.0. The maximum atomic E-state index is 11.7. The summed E-state index contributed by atoms with van der Waals surface area (Å²) < 4.78 is 21.4. The minimum Gasteiger partial charge on any atom is -0.496 e. The second-order valence-electron chi connectivity index (χ2n) is 5.43. The zero-order valence-electron chi connectivity index (χ0n) is 13.8. The third-order valence-corrected chi connectivity index (χ3v) is 3.78. The van der Waals surface area contributed by atoms with Crippen LogP contribution in [0, 0.1) is 0 Å². The summed E-state index contributed by atoms with van der Waals surface area (Å²) in [6.45, 7) is 0.0234. The van der Waals surface area contributed by atoms with Crippen molar-refractivity contribution in [2.45, 2.75) is 6.61 Å². The van der Waals surface area contributed by atoms with E-state index in [9.17, 15) is 4.79 Å². The van der Waals surface area contributed by atoms with Crippen LogP contribution in [0.25, 0.3) is 22.4 Å². The van der Waals surface area contributed by atoms with E-state index in [1.807, 2.05) is 36.4 Å². The van der Waals surface area contributed by atoms with Crippen LogP contribution in [0.1, 0.15) is 5.89 Å². The fraction of sp³-hybridized carbons (Fsp3) is 0.105. The Hall–Kier alpha value is -3.61. The van der Waals surface area contributed by atoms with Gasteiger partial charge >= 0.3 is 5.63 Å². The van der Waals surface area contributed by atoms with Gasteiger partial charge in [0.1, 0.15) is 17.1 Å². The smallest absolute Gasteiger partial charge is 0.339 e. The molecule has 7 nitrogen and oxygen atoms in total. The van der Waals surface area contributed by atoms with Gasteiger partial charge in [-0.05, 0) is 24.3 Å². The van der Waals surface area contributed by atoms with Crippen molar-refractivity contribution in [1.29, 1.82) is 0 Å². The summed E-state index contributed by atoms with van der Waals surface area (Å²) in [5.74, 6) is 1.73. The van der Waals surface area contributed by atoms with E-state index in [-0.39, 0.29) is 12.5 Å². The first-order valence-corrected chi connectivity index (χ1v) is 7.86. The standard InChI is InChI=1S/C19H14N2O5/c1-23-14-8-4-3-7-13(14)19-20-17(26-21-19)11-24-16-10-18(22)25-15-9-5-2-6-12(15)16/h2-10H,11H2,1H3. The summed E-state index contributed by atoms with van der Waals surface area (Å²) in [6.07, 6.45) is 0. The van der Waals surface area contributed by atoms with Crippen LogP contribution in [-0.4, -0.2) is 17.3 Å². The van der Waals surface area contributed by atoms with Crippen molar-refractivity contribution in [2.75, 3.05) is 7.11 Å². The molecule has 0 bridgehead atoms. The fourth-order valence-corrected chi connectivity index (χ4v) is 2.59. The molecule has 0 atom stereocenters. The van der Waals surface area contributed by atoms with Gasteiger partial charge in [-0.15, -0.1) is 0 Å². The Morgan fingerprint density at radius 1 is 1.04 bits per heavy atom. The second kappa shape index (κ2) is 6.72. The maximum Gasteiger partial charge on any atom is 0.339 e. The second-order valence-corrected chi connectivity index (χ2v) is 5.43. The monoisotopic (exact) mass is 350 g/mol. The van der Waals surface area contributed by atoms with Crippen molar-refractivity contribution in [3.8, 4) is 22.9 Å². The van der Waals surface area contributed by atoms with Gasteiger partial charge in [0.2, 0.25) is 5.82 Å². The van der Waals surface area contributed by atoms with Crippen LogP contribution in [0.3, 0.4) is 0 Å². The number of para-hydroxylation sites is 2. The van der Waals surface area contributed by atoms with Gasteiger partial charge in [-0.2, -0.15) is 4.98 Å². The predicted octanol–water partition coefficient (Wildman–Crippen LogP) is 3.43. The Bertz CT molecular complexity index is 1120. The molecule has 4 aromatic rings. The lowest BCUT2D eigenvalue weighted by Crippen LogP contribution is -2.02. The van der Waals surface area contributed by atoms with Crippen LogP contribution < -0.4 is 15.1 Å². The van der Waals surface area contributed by atoms with E-state index < -0.39 is 5.63 Å². The highest BCUT2D eigenvalue weighted by molar-refractivity contribution is 5.82. The lowest BCUT2D eigenvalue weighted by atomic mass is 10.2. The average molecular weight is 350 g/mol. The molecule has 2 aromatic carbocycles. The van der Waals surface area contributed by atoms with Crippen molar-refractivity contribution in [3.63, 3.8) is 0 Å². The summed E-state index contributed by atoms with van der Waals surface area (Å²) >= 11 is 0. The summed E-state index contributed by atoms with van der Waals surface area (Å²) in [5.41, 5.74) is 0.685. The normalized spacial score (nSPS) is 10.8. The Kier molecular flexibility index (Phi) is 4.10. The summed E-state index contributed by atoms with van der Waals surface area (Å²) in [5, 5.41) is 4.65. The van der Waals surface area contributed by atoms with Crippen LogP contribution in [-0.2, 0) is 6.61 Å². The Labute approximate surface area is 147 Å². The van der Waals surface area contributed by atoms with Crippen LogP contribution in [0.4, 0.5) is 0 Å². The molecule has 0 aliphatic heterocycles. The van der Waals surface area contributed by atoms with Crippen molar-refractivity contribution >= 4 is 11.0 Å². The van der Waals surface area contributed by atoms with Gasteiger partial charge in [0.15, 0.2) is 6.61 Å². The number of methoxy groups -OCH3 is 1. The zero-order chi connectivity index (χ0) is 17.9. The van der Waals surface area contributed by atoms with E-state index in [1.165, 1.54) is 6.07 Å². The molecule has 0 aliphatic rings. The fourth-order valence-electron chi connectivity index (χ4n) is 2.59. The lowest BCUT2D eigenvalue weighted by Gasteiger charge is -2.05. The van der Waals surface area contributed by atoms with Gasteiger partial charge in [-0.3, -0.25) is 0 Å². The number of rotatable bonds is 5. The topological polar surface area (TPSA) is 87.6 Å². The third-order valence-electron chi connectivity index (χ3n) is 3.78. The molecule has 0 radical (unpaired) electrons. The Morgan fingerprint density at radius 3 is 2.73 bits per heavy atom. The van der Waals surface area contributed by atoms with Gasteiger partial charge in [0.25, 0.3) is 5.89 Å². The molecule has 0 saturated heterocycles. The molecule has 2 heterocycles. The predicted molar refractivity (Wildman–Crippen MR) is 93.1 cm³/mol. The van der Waals surface area contributed by atoms with Crippen molar-refractivity contribution in [2.24, 2.45) is 0 Å². The molecule has 0 N–H and O–H groups in total. The Balaban J connectivity index is 1.59. The van der Waals surface area contributed by atoms with Crippen LogP contribution in [0.2, 0.25) is 0 Å². The Morgan fingerprint density at radius 2 is 1.85 bits per heavy atom. The van der Waals surface area contributed by atoms with Gasteiger partial charge in [0.05, 0.1) is 24.1 Å². The maximum absolute atomic E-state index is 11.7. The molecule has 4 rings (SSSR count). The molecular weight excluding hydrogens is 336 g/mol. The number of fused-ring (bicyclic) bond motifs is 1. The van der Waals surface area contributed by atoms with Gasteiger partial charge < -0.3 is 18.4 Å². The van der Waals surface area contributed by atoms with Crippen molar-refractivity contribution in [3.05, 3.63) is 70.9 Å². The number of benzene rings is 2. The van der Waals surface area contributed by atoms with E-state index in [1.54, 1.807) is 19.2 Å². The largest absolute Gasteiger partial charge is 0.496 e. The zero-order valence-corrected chi connectivity index (χ0v) is 13.8. The SMILES string of the molecule is COc1ccccc1-c1noc(COc2cc(=O)oc3ccccc23)n1. The van der Waals surface area contributed by atoms with E-state index in [0.717, 1.165) is 5.56 Å². The first-order chi connectivity index (χ1) is 12.7. The molecule has 26 heavy (non-hydrogen) atoms. The summed E-state index contributed by atoms with van der Waals surface area (Å²) in [7, 11) is 1.58. The first-order valence-electron chi connectivity index (χ1n) is 7.86. The number of aromatic nitrogens is 2. The highest BCUT2D eigenvalue weighted by Crippen LogP contribution is 2.28. The van der Waals surface area contributed by atoms with E-state index in [4.69, 9.17) is 18.4 Å². The lowest BCUT2D eigenvalue weighted by molar-refractivity contribution is 0.244. The number of hydrogen-bond donors (Lipinski definition) is 0. The van der Waals surface area contributed by atoms with Crippen molar-refractivity contribution in [1.82, 2.24) is 10.1 Å². The molecule has 0 unspecified atom stereocenters.